The van der Waals surface area contributed by atoms with Crippen LogP contribution >= 0.6 is 0 Å². The highest BCUT2D eigenvalue weighted by molar-refractivity contribution is 6.06. The van der Waals surface area contributed by atoms with E-state index in [1.807, 2.05) is 0 Å². The van der Waals surface area contributed by atoms with Gasteiger partial charge in [-0.15, -0.1) is 0 Å². The summed E-state index contributed by atoms with van der Waals surface area (Å²) in [6.07, 6.45) is 0. The maximum absolute atomic E-state index is 12.4. The number of Topliss-reactive ketones (excluding diaryl/α,β-unsaturated/α-hetero) is 1. The number of benzene rings is 1. The second kappa shape index (κ2) is 6.82. The van der Waals surface area contributed by atoms with E-state index in [0.29, 0.717) is 17.1 Å². The fourth-order valence-corrected chi connectivity index (χ4v) is 2.86. The zero-order chi connectivity index (χ0) is 18.8. The standard InChI is InChI=1S/C16H17N5O5/c1-8(22)12-13(15(23)26-4)17-16-18-19-20-21(16)14(12)10-7-9(24-2)5-6-11(10)25-3/h5-7,14H,1-4H3,(H,17,18,20). The SMILES string of the molecule is COC(=O)C1=C(C(C)=O)C(c2cc(OC)ccc2OC)n2nnnc2N1. The molecule has 0 aliphatic carbocycles. The monoisotopic (exact) mass is 359 g/mol. The van der Waals surface area contributed by atoms with Crippen LogP contribution in [0.5, 0.6) is 11.5 Å². The van der Waals surface area contributed by atoms with E-state index in [1.54, 1.807) is 18.2 Å². The van der Waals surface area contributed by atoms with Gasteiger partial charge >= 0.3 is 5.97 Å². The number of esters is 1. The van der Waals surface area contributed by atoms with Crippen molar-refractivity contribution in [1.29, 1.82) is 0 Å². The molecule has 0 radical (unpaired) electrons. The lowest BCUT2D eigenvalue weighted by Gasteiger charge is -2.28. The second-order valence-corrected chi connectivity index (χ2v) is 5.42. The highest BCUT2D eigenvalue weighted by Gasteiger charge is 2.38. The van der Waals surface area contributed by atoms with Crippen molar-refractivity contribution in [3.63, 3.8) is 0 Å². The Kier molecular flexibility index (Phi) is 4.57. The predicted molar refractivity (Wildman–Crippen MR) is 88.8 cm³/mol. The second-order valence-electron chi connectivity index (χ2n) is 5.42. The molecule has 1 aliphatic rings. The van der Waals surface area contributed by atoms with Crippen molar-refractivity contribution >= 4 is 17.7 Å². The van der Waals surface area contributed by atoms with Crippen molar-refractivity contribution in [3.05, 3.63) is 35.0 Å². The molecule has 1 atom stereocenters. The van der Waals surface area contributed by atoms with Gasteiger partial charge in [-0.1, -0.05) is 5.10 Å². The molecule has 1 unspecified atom stereocenters. The summed E-state index contributed by atoms with van der Waals surface area (Å²) in [7, 11) is 4.26. The molecule has 2 heterocycles. The number of rotatable bonds is 5. The number of nitrogens with one attached hydrogen (secondary N) is 1. The van der Waals surface area contributed by atoms with E-state index in [0.717, 1.165) is 0 Å². The van der Waals surface area contributed by atoms with Crippen LogP contribution in [0.25, 0.3) is 0 Å². The molecule has 0 spiro atoms. The molecule has 0 bridgehead atoms. The van der Waals surface area contributed by atoms with Gasteiger partial charge in [0.2, 0.25) is 5.95 Å². The average Bonchev–Trinajstić information content (AvgIpc) is 3.13. The molecule has 10 nitrogen and oxygen atoms in total. The quantitative estimate of drug-likeness (QED) is 0.770. The molecule has 0 saturated carbocycles. The smallest absolute Gasteiger partial charge is 0.355 e. The minimum absolute atomic E-state index is 0.0165. The van der Waals surface area contributed by atoms with E-state index < -0.39 is 12.0 Å². The minimum atomic E-state index is -0.794. The van der Waals surface area contributed by atoms with Crippen molar-refractivity contribution < 1.29 is 23.8 Å². The van der Waals surface area contributed by atoms with Crippen LogP contribution in [0.2, 0.25) is 0 Å². The first-order valence-corrected chi connectivity index (χ1v) is 7.62. The van der Waals surface area contributed by atoms with E-state index in [4.69, 9.17) is 14.2 Å². The topological polar surface area (TPSA) is 117 Å². The molecule has 3 rings (SSSR count). The maximum Gasteiger partial charge on any atom is 0.355 e. The minimum Gasteiger partial charge on any atom is -0.497 e. The van der Waals surface area contributed by atoms with Crippen molar-refractivity contribution in [2.75, 3.05) is 26.6 Å². The number of hydrogen-bond donors (Lipinski definition) is 1. The number of hydrogen-bond acceptors (Lipinski definition) is 9. The summed E-state index contributed by atoms with van der Waals surface area (Å²) in [5.41, 5.74) is 0.703. The van der Waals surface area contributed by atoms with Crippen LogP contribution in [0.1, 0.15) is 18.5 Å². The number of carbonyl (C=O) groups excluding carboxylic acids is 2. The van der Waals surface area contributed by atoms with E-state index in [9.17, 15) is 9.59 Å². The molecule has 26 heavy (non-hydrogen) atoms. The Balaban J connectivity index is 2.31. The number of carbonyl (C=O) groups is 2. The molecule has 1 N–H and O–H groups in total. The van der Waals surface area contributed by atoms with Gasteiger partial charge in [0.15, 0.2) is 5.78 Å². The Morgan fingerprint density at radius 1 is 1.19 bits per heavy atom. The molecule has 0 saturated heterocycles. The van der Waals surface area contributed by atoms with Gasteiger partial charge in [0.25, 0.3) is 0 Å². The highest BCUT2D eigenvalue weighted by Crippen LogP contribution is 2.40. The first-order chi connectivity index (χ1) is 12.5. The number of allylic oxidation sites excluding steroid dienone is 1. The Morgan fingerprint density at radius 3 is 2.58 bits per heavy atom. The lowest BCUT2D eigenvalue weighted by atomic mass is 9.92. The molecule has 0 amide bonds. The molecule has 136 valence electrons. The van der Waals surface area contributed by atoms with Crippen LogP contribution in [-0.2, 0) is 14.3 Å². The molecule has 0 fully saturated rings. The number of ketones is 1. The first-order valence-electron chi connectivity index (χ1n) is 7.62. The zero-order valence-electron chi connectivity index (χ0n) is 14.6. The van der Waals surface area contributed by atoms with Gasteiger partial charge in [-0.25, -0.2) is 4.79 Å². The Morgan fingerprint density at radius 2 is 1.96 bits per heavy atom. The van der Waals surface area contributed by atoms with Gasteiger partial charge in [-0.2, -0.15) is 4.68 Å². The Bertz CT molecular complexity index is 904. The lowest BCUT2D eigenvalue weighted by molar-refractivity contribution is -0.136. The molecule has 2 aromatic rings. The molecular weight excluding hydrogens is 342 g/mol. The molecule has 1 aliphatic heterocycles. The van der Waals surface area contributed by atoms with Crippen LogP contribution in [0, 0.1) is 0 Å². The van der Waals surface area contributed by atoms with Crippen LogP contribution < -0.4 is 14.8 Å². The number of nitrogens with zero attached hydrogens (tertiary/aromatic N) is 4. The number of aromatic nitrogens is 4. The molecule has 1 aromatic heterocycles. The van der Waals surface area contributed by atoms with Crippen molar-refractivity contribution in [2.24, 2.45) is 0 Å². The third kappa shape index (κ3) is 2.75. The Labute approximate surface area is 148 Å². The number of tetrazole rings is 1. The van der Waals surface area contributed by atoms with Crippen molar-refractivity contribution in [1.82, 2.24) is 20.2 Å². The summed E-state index contributed by atoms with van der Waals surface area (Å²) >= 11 is 0. The summed E-state index contributed by atoms with van der Waals surface area (Å²) in [5.74, 6) is 0.203. The zero-order valence-corrected chi connectivity index (χ0v) is 14.6. The van der Waals surface area contributed by atoms with Crippen molar-refractivity contribution in [3.8, 4) is 11.5 Å². The average molecular weight is 359 g/mol. The van der Waals surface area contributed by atoms with E-state index in [2.05, 4.69) is 20.8 Å². The number of methoxy groups -OCH3 is 3. The molecule has 1 aromatic carbocycles. The summed E-state index contributed by atoms with van der Waals surface area (Å²) in [6.45, 7) is 1.36. The lowest BCUT2D eigenvalue weighted by Crippen LogP contribution is -2.32. The van der Waals surface area contributed by atoms with E-state index in [-0.39, 0.29) is 23.0 Å². The van der Waals surface area contributed by atoms with Crippen LogP contribution in [-0.4, -0.2) is 53.3 Å². The van der Waals surface area contributed by atoms with E-state index in [1.165, 1.54) is 32.9 Å². The normalized spacial score (nSPS) is 15.8. The summed E-state index contributed by atoms with van der Waals surface area (Å²) in [4.78, 5) is 24.7. The fraction of sp³-hybridized carbons (Fsp3) is 0.312. The fourth-order valence-electron chi connectivity index (χ4n) is 2.86. The predicted octanol–water partition coefficient (Wildman–Crippen LogP) is 0.721. The van der Waals surface area contributed by atoms with Crippen LogP contribution in [0.15, 0.2) is 29.5 Å². The Hall–Kier alpha value is -3.43. The van der Waals surface area contributed by atoms with Gasteiger partial charge < -0.3 is 19.5 Å². The van der Waals surface area contributed by atoms with Gasteiger partial charge in [-0.05, 0) is 35.5 Å². The number of fused-ring (bicyclic) bond motifs is 1. The van der Waals surface area contributed by atoms with Gasteiger partial charge in [0, 0.05) is 5.56 Å². The summed E-state index contributed by atoms with van der Waals surface area (Å²) in [5, 5.41) is 14.2. The maximum atomic E-state index is 12.4. The van der Waals surface area contributed by atoms with Gasteiger partial charge in [0.1, 0.15) is 23.2 Å². The molecule has 10 heteroatoms. The highest BCUT2D eigenvalue weighted by atomic mass is 16.5. The summed E-state index contributed by atoms with van der Waals surface area (Å²) < 4.78 is 16.9. The summed E-state index contributed by atoms with van der Waals surface area (Å²) in [6, 6.07) is 4.34. The van der Waals surface area contributed by atoms with Gasteiger partial charge in [0.05, 0.1) is 26.9 Å². The number of anilines is 1. The molecular formula is C16H17N5O5. The van der Waals surface area contributed by atoms with E-state index >= 15 is 0 Å². The first kappa shape index (κ1) is 17.4. The largest absolute Gasteiger partial charge is 0.497 e. The van der Waals surface area contributed by atoms with Crippen LogP contribution in [0.4, 0.5) is 5.95 Å². The van der Waals surface area contributed by atoms with Gasteiger partial charge in [-0.3, -0.25) is 4.79 Å². The van der Waals surface area contributed by atoms with Crippen molar-refractivity contribution in [2.45, 2.75) is 13.0 Å². The third-order valence-electron chi connectivity index (χ3n) is 4.02. The third-order valence-corrected chi connectivity index (χ3v) is 4.02. The number of ether oxygens (including phenoxy) is 3. The van der Waals surface area contributed by atoms with Crippen LogP contribution in [0.3, 0.4) is 0 Å².